The van der Waals surface area contributed by atoms with Crippen LogP contribution in [0.3, 0.4) is 0 Å². The van der Waals surface area contributed by atoms with Gasteiger partial charge in [0.1, 0.15) is 11.5 Å². The third-order valence-electron chi connectivity index (χ3n) is 3.41. The Balaban J connectivity index is 1.68. The van der Waals surface area contributed by atoms with E-state index in [0.717, 1.165) is 24.0 Å². The van der Waals surface area contributed by atoms with Crippen LogP contribution in [0, 0.1) is 0 Å². The number of phenols is 1. The number of carbonyl (C=O) groups excluding carboxylic acids is 1. The molecular weight excluding hydrogens is 316 g/mol. The van der Waals surface area contributed by atoms with E-state index in [1.807, 2.05) is 12.1 Å². The van der Waals surface area contributed by atoms with E-state index in [4.69, 9.17) is 0 Å². The summed E-state index contributed by atoms with van der Waals surface area (Å²) >= 11 is 0. The molecule has 0 aliphatic rings. The fourth-order valence-electron chi connectivity index (χ4n) is 2.22. The van der Waals surface area contributed by atoms with Crippen LogP contribution in [0.25, 0.3) is 0 Å². The summed E-state index contributed by atoms with van der Waals surface area (Å²) in [5.74, 6) is 0.184. The van der Waals surface area contributed by atoms with Gasteiger partial charge in [-0.25, -0.2) is 0 Å². The summed E-state index contributed by atoms with van der Waals surface area (Å²) < 4.78 is 28.3. The fraction of sp³-hybridized carbons (Fsp3) is 0.278. The van der Waals surface area contributed by atoms with Crippen molar-refractivity contribution < 1.29 is 23.4 Å². The van der Waals surface area contributed by atoms with Crippen molar-refractivity contribution in [3.8, 4) is 11.5 Å². The van der Waals surface area contributed by atoms with Crippen molar-refractivity contribution in [1.29, 1.82) is 0 Å². The molecule has 0 fully saturated rings. The van der Waals surface area contributed by atoms with E-state index in [-0.39, 0.29) is 23.8 Å². The lowest BCUT2D eigenvalue weighted by atomic mass is 10.1. The van der Waals surface area contributed by atoms with Crippen molar-refractivity contribution in [1.82, 2.24) is 5.32 Å². The highest BCUT2D eigenvalue weighted by molar-refractivity contribution is 5.78. The number of benzene rings is 2. The number of alkyl halides is 2. The Labute approximate surface area is 139 Å². The van der Waals surface area contributed by atoms with Crippen molar-refractivity contribution in [2.45, 2.75) is 25.9 Å². The van der Waals surface area contributed by atoms with Crippen LogP contribution in [0.4, 0.5) is 8.78 Å². The first-order chi connectivity index (χ1) is 11.5. The van der Waals surface area contributed by atoms with Crippen molar-refractivity contribution in [2.75, 3.05) is 6.54 Å². The molecule has 1 amide bonds. The number of hydrogen-bond acceptors (Lipinski definition) is 3. The predicted octanol–water partition coefficient (Wildman–Crippen LogP) is 3.29. The van der Waals surface area contributed by atoms with E-state index < -0.39 is 6.61 Å². The number of nitrogens with one attached hydrogen (secondary N) is 1. The van der Waals surface area contributed by atoms with Gasteiger partial charge in [-0.1, -0.05) is 24.3 Å². The molecule has 2 N–H and O–H groups in total. The van der Waals surface area contributed by atoms with Gasteiger partial charge in [0.25, 0.3) is 0 Å². The molecule has 6 heteroatoms. The number of amides is 1. The van der Waals surface area contributed by atoms with E-state index in [1.54, 1.807) is 24.3 Å². The third-order valence-corrected chi connectivity index (χ3v) is 3.41. The molecule has 0 unspecified atom stereocenters. The highest BCUT2D eigenvalue weighted by Gasteiger charge is 2.06. The van der Waals surface area contributed by atoms with E-state index in [2.05, 4.69) is 10.1 Å². The summed E-state index contributed by atoms with van der Waals surface area (Å²) in [6.07, 6.45) is 1.78. The van der Waals surface area contributed by atoms with Gasteiger partial charge in [0.2, 0.25) is 5.91 Å². The number of aryl methyl sites for hydroxylation is 1. The van der Waals surface area contributed by atoms with Crippen molar-refractivity contribution in [3.05, 3.63) is 59.7 Å². The quantitative estimate of drug-likeness (QED) is 0.728. The Morgan fingerprint density at radius 3 is 2.29 bits per heavy atom. The maximum atomic E-state index is 12.0. The average Bonchev–Trinajstić information content (AvgIpc) is 2.55. The smallest absolute Gasteiger partial charge is 0.387 e. The Morgan fingerprint density at radius 2 is 1.67 bits per heavy atom. The zero-order valence-corrected chi connectivity index (χ0v) is 13.0. The van der Waals surface area contributed by atoms with Crippen molar-refractivity contribution in [3.63, 3.8) is 0 Å². The van der Waals surface area contributed by atoms with Gasteiger partial charge in [0.05, 0.1) is 6.42 Å². The lowest BCUT2D eigenvalue weighted by Gasteiger charge is -2.07. The molecule has 0 atom stereocenters. The minimum atomic E-state index is -2.85. The molecule has 0 aromatic heterocycles. The van der Waals surface area contributed by atoms with Crippen LogP contribution >= 0.6 is 0 Å². The maximum absolute atomic E-state index is 12.0. The van der Waals surface area contributed by atoms with E-state index in [9.17, 15) is 18.7 Å². The second-order valence-corrected chi connectivity index (χ2v) is 5.32. The number of phenolic OH excluding ortho intramolecular Hbond substituents is 1. The normalized spacial score (nSPS) is 10.6. The van der Waals surface area contributed by atoms with Gasteiger partial charge < -0.3 is 15.2 Å². The summed E-state index contributed by atoms with van der Waals surface area (Å²) in [7, 11) is 0. The van der Waals surface area contributed by atoms with Crippen LogP contribution in [0.5, 0.6) is 11.5 Å². The number of aromatic hydroxyl groups is 1. The standard InChI is InChI=1S/C18H19F2NO3/c19-18(20)24-16-9-5-14(6-10-16)12-17(23)21-11-1-2-13-3-7-15(22)8-4-13/h3-10,18,22H,1-2,11-12H2,(H,21,23). The Hall–Kier alpha value is -2.63. The molecule has 0 saturated heterocycles. The lowest BCUT2D eigenvalue weighted by Crippen LogP contribution is -2.26. The Kier molecular flexibility index (Phi) is 6.54. The summed E-state index contributed by atoms with van der Waals surface area (Å²) in [5, 5.41) is 12.0. The molecule has 0 radical (unpaired) electrons. The average molecular weight is 335 g/mol. The van der Waals surface area contributed by atoms with Gasteiger partial charge in [0, 0.05) is 6.54 Å². The first kappa shape index (κ1) is 17.7. The molecule has 24 heavy (non-hydrogen) atoms. The predicted molar refractivity (Wildman–Crippen MR) is 86.2 cm³/mol. The van der Waals surface area contributed by atoms with Crippen LogP contribution in [0.2, 0.25) is 0 Å². The van der Waals surface area contributed by atoms with Gasteiger partial charge in [0.15, 0.2) is 0 Å². The second-order valence-electron chi connectivity index (χ2n) is 5.32. The lowest BCUT2D eigenvalue weighted by molar-refractivity contribution is -0.120. The van der Waals surface area contributed by atoms with Crippen molar-refractivity contribution >= 4 is 5.91 Å². The number of hydrogen-bond donors (Lipinski definition) is 2. The van der Waals surface area contributed by atoms with Gasteiger partial charge >= 0.3 is 6.61 Å². The topological polar surface area (TPSA) is 58.6 Å². The molecule has 2 rings (SSSR count). The van der Waals surface area contributed by atoms with Crippen LogP contribution in [0.1, 0.15) is 17.5 Å². The fourth-order valence-corrected chi connectivity index (χ4v) is 2.22. The molecule has 0 bridgehead atoms. The van der Waals surface area contributed by atoms with Crippen LogP contribution in [-0.2, 0) is 17.6 Å². The summed E-state index contributed by atoms with van der Waals surface area (Å²) in [5.41, 5.74) is 1.82. The van der Waals surface area contributed by atoms with E-state index >= 15 is 0 Å². The Morgan fingerprint density at radius 1 is 1.04 bits per heavy atom. The molecule has 0 saturated carbocycles. The van der Waals surface area contributed by atoms with Gasteiger partial charge in [-0.3, -0.25) is 4.79 Å². The van der Waals surface area contributed by atoms with Crippen LogP contribution in [-0.4, -0.2) is 24.2 Å². The van der Waals surface area contributed by atoms with E-state index in [0.29, 0.717) is 6.54 Å². The number of ether oxygens (including phenoxy) is 1. The molecule has 2 aromatic carbocycles. The summed E-state index contributed by atoms with van der Waals surface area (Å²) in [6, 6.07) is 13.0. The number of halogens is 2. The minimum absolute atomic E-state index is 0.0723. The molecule has 0 heterocycles. The highest BCUT2D eigenvalue weighted by Crippen LogP contribution is 2.15. The second kappa shape index (κ2) is 8.86. The van der Waals surface area contributed by atoms with Gasteiger partial charge in [-0.15, -0.1) is 0 Å². The molecule has 2 aromatic rings. The minimum Gasteiger partial charge on any atom is -0.508 e. The molecule has 0 spiro atoms. The Bertz CT molecular complexity index is 642. The first-order valence-electron chi connectivity index (χ1n) is 7.61. The zero-order chi connectivity index (χ0) is 17.4. The van der Waals surface area contributed by atoms with Gasteiger partial charge in [-0.05, 0) is 48.2 Å². The van der Waals surface area contributed by atoms with Gasteiger partial charge in [-0.2, -0.15) is 8.78 Å². The maximum Gasteiger partial charge on any atom is 0.387 e. The van der Waals surface area contributed by atoms with Crippen LogP contribution in [0.15, 0.2) is 48.5 Å². The van der Waals surface area contributed by atoms with Crippen molar-refractivity contribution in [2.24, 2.45) is 0 Å². The SMILES string of the molecule is O=C(Cc1ccc(OC(F)F)cc1)NCCCc1ccc(O)cc1. The molecule has 128 valence electrons. The molecule has 4 nitrogen and oxygen atoms in total. The molecule has 0 aliphatic carbocycles. The summed E-state index contributed by atoms with van der Waals surface area (Å²) in [4.78, 5) is 11.8. The van der Waals surface area contributed by atoms with E-state index in [1.165, 1.54) is 12.1 Å². The molecule has 0 aliphatic heterocycles. The largest absolute Gasteiger partial charge is 0.508 e. The first-order valence-corrected chi connectivity index (χ1v) is 7.61. The highest BCUT2D eigenvalue weighted by atomic mass is 19.3. The summed E-state index contributed by atoms with van der Waals surface area (Å²) in [6.45, 7) is -2.31. The van der Waals surface area contributed by atoms with Crippen LogP contribution < -0.4 is 10.1 Å². The third kappa shape index (κ3) is 6.24. The number of rotatable bonds is 8. The number of carbonyl (C=O) groups is 1. The monoisotopic (exact) mass is 335 g/mol. The zero-order valence-electron chi connectivity index (χ0n) is 13.0. The molecular formula is C18H19F2NO3.